The van der Waals surface area contributed by atoms with Crippen LogP contribution >= 0.6 is 0 Å². The Balaban J connectivity index is 3.89. The number of aliphatic hydroxyl groups excluding tert-OH is 1. The molecular weight excluding hydrogens is 119 g/mol. The Labute approximate surface area is 54.2 Å². The third-order valence-corrected chi connectivity index (χ3v) is 0.818. The maximum absolute atomic E-state index is 12.3. The molecule has 0 radical (unpaired) electrons. The first kappa shape index (κ1) is 8.19. The molecule has 0 saturated heterocycles. The molecule has 1 atom stereocenters. The summed E-state index contributed by atoms with van der Waals surface area (Å²) in [5.74, 6) is 1.22. The lowest BCUT2D eigenvalue weighted by molar-refractivity contribution is 0.236. The second-order valence-electron chi connectivity index (χ2n) is 1.57. The fourth-order valence-corrected chi connectivity index (χ4v) is 0.386. The Kier molecular flexibility index (Phi) is 3.74. The van der Waals surface area contributed by atoms with Gasteiger partial charge >= 0.3 is 0 Å². The molecule has 0 fully saturated rings. The average Bonchev–Trinajstić information content (AvgIpc) is 1.87. The van der Waals surface area contributed by atoms with Crippen molar-refractivity contribution in [3.63, 3.8) is 0 Å². The van der Waals surface area contributed by atoms with Gasteiger partial charge in [0.1, 0.15) is 5.83 Å². The van der Waals surface area contributed by atoms with Crippen LogP contribution in [-0.4, -0.2) is 11.2 Å². The van der Waals surface area contributed by atoms with Crippen LogP contribution in [0.2, 0.25) is 0 Å². The van der Waals surface area contributed by atoms with Gasteiger partial charge in [-0.15, -0.1) is 6.42 Å². The first-order valence-corrected chi connectivity index (χ1v) is 2.72. The first-order valence-electron chi connectivity index (χ1n) is 2.72. The molecule has 0 amide bonds. The van der Waals surface area contributed by atoms with E-state index in [1.165, 1.54) is 6.08 Å². The lowest BCUT2D eigenvalue weighted by Crippen LogP contribution is -2.02. The Morgan fingerprint density at radius 3 is 2.89 bits per heavy atom. The van der Waals surface area contributed by atoms with Crippen LogP contribution in [0, 0.1) is 12.3 Å². The Bertz CT molecular complexity index is 143. The number of terminal acetylenes is 1. The number of aliphatic hydroxyl groups is 1. The molecule has 1 nitrogen and oxygen atoms in total. The minimum Gasteiger partial charge on any atom is -0.374 e. The van der Waals surface area contributed by atoms with Gasteiger partial charge in [0.15, 0.2) is 6.10 Å². The van der Waals surface area contributed by atoms with Crippen molar-refractivity contribution >= 4 is 0 Å². The van der Waals surface area contributed by atoms with Crippen LogP contribution in [-0.2, 0) is 0 Å². The normalized spacial score (nSPS) is 14.7. The number of hydrogen-bond donors (Lipinski definition) is 1. The zero-order valence-corrected chi connectivity index (χ0v) is 5.26. The smallest absolute Gasteiger partial charge is 0.165 e. The summed E-state index contributed by atoms with van der Waals surface area (Å²) in [4.78, 5) is 0. The van der Waals surface area contributed by atoms with Gasteiger partial charge in [-0.2, -0.15) is 0 Å². The summed E-state index contributed by atoms with van der Waals surface area (Å²) in [7, 11) is 0. The van der Waals surface area contributed by atoms with E-state index < -0.39 is 11.9 Å². The summed E-state index contributed by atoms with van der Waals surface area (Å²) < 4.78 is 12.3. The number of halogens is 1. The van der Waals surface area contributed by atoms with Crippen LogP contribution < -0.4 is 0 Å². The van der Waals surface area contributed by atoms with Gasteiger partial charge in [0.25, 0.3) is 0 Å². The molecule has 0 bridgehead atoms. The van der Waals surface area contributed by atoms with Crippen LogP contribution in [0.1, 0.15) is 13.3 Å². The fourth-order valence-electron chi connectivity index (χ4n) is 0.386. The van der Waals surface area contributed by atoms with Crippen LogP contribution in [0.5, 0.6) is 0 Å². The number of allylic oxidation sites excluding steroid dienone is 1. The van der Waals surface area contributed by atoms with Crippen LogP contribution in [0.25, 0.3) is 0 Å². The molecule has 0 spiro atoms. The summed E-state index contributed by atoms with van der Waals surface area (Å²) >= 11 is 0. The maximum atomic E-state index is 12.3. The topological polar surface area (TPSA) is 20.2 Å². The lowest BCUT2D eigenvalue weighted by Gasteiger charge is -1.96. The predicted molar refractivity (Wildman–Crippen MR) is 34.3 cm³/mol. The molecule has 2 heteroatoms. The van der Waals surface area contributed by atoms with Gasteiger partial charge in [-0.3, -0.25) is 0 Å². The zero-order chi connectivity index (χ0) is 7.28. The molecule has 0 aromatic carbocycles. The molecule has 0 saturated carbocycles. The van der Waals surface area contributed by atoms with Crippen LogP contribution in [0.15, 0.2) is 11.9 Å². The lowest BCUT2D eigenvalue weighted by atomic mass is 10.3. The van der Waals surface area contributed by atoms with E-state index in [4.69, 9.17) is 11.5 Å². The van der Waals surface area contributed by atoms with Crippen molar-refractivity contribution in [2.45, 2.75) is 19.4 Å². The van der Waals surface area contributed by atoms with Crippen molar-refractivity contribution in [1.82, 2.24) is 0 Å². The highest BCUT2D eigenvalue weighted by molar-refractivity contribution is 5.11. The van der Waals surface area contributed by atoms with E-state index in [0.717, 1.165) is 0 Å². The monoisotopic (exact) mass is 128 g/mol. The van der Waals surface area contributed by atoms with Crippen LogP contribution in [0.4, 0.5) is 4.39 Å². The minimum atomic E-state index is -1.36. The molecule has 0 rings (SSSR count). The maximum Gasteiger partial charge on any atom is 0.165 e. The third kappa shape index (κ3) is 2.89. The molecule has 1 unspecified atom stereocenters. The Morgan fingerprint density at radius 2 is 2.56 bits per heavy atom. The molecular formula is C7H9FO. The molecule has 0 aliphatic rings. The largest absolute Gasteiger partial charge is 0.374 e. The van der Waals surface area contributed by atoms with Crippen molar-refractivity contribution in [1.29, 1.82) is 0 Å². The Hall–Kier alpha value is -0.810. The highest BCUT2D eigenvalue weighted by Gasteiger charge is 2.02. The van der Waals surface area contributed by atoms with Crippen molar-refractivity contribution in [3.8, 4) is 12.3 Å². The molecule has 0 aliphatic heterocycles. The molecule has 0 heterocycles. The van der Waals surface area contributed by atoms with Gasteiger partial charge in [-0.25, -0.2) is 4.39 Å². The molecule has 1 N–H and O–H groups in total. The zero-order valence-electron chi connectivity index (χ0n) is 5.26. The summed E-state index contributed by atoms with van der Waals surface area (Å²) in [6.07, 6.45) is 5.17. The van der Waals surface area contributed by atoms with E-state index in [2.05, 4.69) is 0 Å². The van der Waals surface area contributed by atoms with Crippen LogP contribution in [0.3, 0.4) is 0 Å². The van der Waals surface area contributed by atoms with Gasteiger partial charge in [0.2, 0.25) is 0 Å². The van der Waals surface area contributed by atoms with E-state index in [1.807, 2.05) is 5.92 Å². The molecule has 9 heavy (non-hydrogen) atoms. The van der Waals surface area contributed by atoms with Gasteiger partial charge in [0.05, 0.1) is 0 Å². The predicted octanol–water partition coefficient (Wildman–Crippen LogP) is 1.24. The SMILES string of the molecule is C#CC(O)/C(F)=C/CC. The van der Waals surface area contributed by atoms with E-state index in [9.17, 15) is 4.39 Å². The van der Waals surface area contributed by atoms with Gasteiger partial charge < -0.3 is 5.11 Å². The van der Waals surface area contributed by atoms with E-state index in [1.54, 1.807) is 6.92 Å². The molecule has 50 valence electrons. The minimum absolute atomic E-state index is 0.546. The highest BCUT2D eigenvalue weighted by Crippen LogP contribution is 2.03. The van der Waals surface area contributed by atoms with Crippen molar-refractivity contribution in [2.24, 2.45) is 0 Å². The first-order chi connectivity index (χ1) is 4.22. The summed E-state index contributed by atoms with van der Waals surface area (Å²) in [6.45, 7) is 1.77. The quantitative estimate of drug-likeness (QED) is 0.555. The van der Waals surface area contributed by atoms with E-state index >= 15 is 0 Å². The van der Waals surface area contributed by atoms with Gasteiger partial charge in [0, 0.05) is 0 Å². The average molecular weight is 128 g/mol. The third-order valence-electron chi connectivity index (χ3n) is 0.818. The standard InChI is InChI=1S/C7H9FO/c1-3-5-6(8)7(9)4-2/h2,5,7,9H,3H2,1H3/b6-5-. The second kappa shape index (κ2) is 4.11. The second-order valence-corrected chi connectivity index (χ2v) is 1.57. The van der Waals surface area contributed by atoms with Crippen molar-refractivity contribution < 1.29 is 9.50 Å². The fraction of sp³-hybridized carbons (Fsp3) is 0.429. The summed E-state index contributed by atoms with van der Waals surface area (Å²) in [5.41, 5.74) is 0. The van der Waals surface area contributed by atoms with Gasteiger partial charge in [-0.1, -0.05) is 12.8 Å². The van der Waals surface area contributed by atoms with E-state index in [0.29, 0.717) is 6.42 Å². The highest BCUT2D eigenvalue weighted by atomic mass is 19.1. The van der Waals surface area contributed by atoms with E-state index in [-0.39, 0.29) is 0 Å². The number of rotatable bonds is 2. The summed E-state index contributed by atoms with van der Waals surface area (Å²) in [5, 5.41) is 8.58. The van der Waals surface area contributed by atoms with Crippen molar-refractivity contribution in [3.05, 3.63) is 11.9 Å². The summed E-state index contributed by atoms with van der Waals surface area (Å²) in [6, 6.07) is 0. The molecule has 0 aliphatic carbocycles. The molecule has 0 aromatic rings. The Morgan fingerprint density at radius 1 is 2.00 bits per heavy atom. The van der Waals surface area contributed by atoms with Gasteiger partial charge in [-0.05, 0) is 12.5 Å². The van der Waals surface area contributed by atoms with Crippen molar-refractivity contribution in [2.75, 3.05) is 0 Å². The molecule has 0 aromatic heterocycles. The number of hydrogen-bond acceptors (Lipinski definition) is 1.